The van der Waals surface area contributed by atoms with Gasteiger partial charge in [-0.1, -0.05) is 28.1 Å². The van der Waals surface area contributed by atoms with Crippen molar-refractivity contribution in [3.05, 3.63) is 69.4 Å². The number of nitrogens with one attached hydrogen (secondary N) is 1. The van der Waals surface area contributed by atoms with Gasteiger partial charge >= 0.3 is 0 Å². The number of halogens is 4. The van der Waals surface area contributed by atoms with E-state index in [0.29, 0.717) is 10.0 Å². The van der Waals surface area contributed by atoms with Gasteiger partial charge in [-0.05, 0) is 37.6 Å². The first-order chi connectivity index (χ1) is 9.88. The van der Waals surface area contributed by atoms with E-state index in [1.54, 1.807) is 13.0 Å². The van der Waals surface area contributed by atoms with E-state index in [2.05, 4.69) is 21.2 Å². The molecule has 0 aliphatic heterocycles. The highest BCUT2D eigenvalue weighted by molar-refractivity contribution is 9.10. The van der Waals surface area contributed by atoms with Crippen molar-refractivity contribution in [2.45, 2.75) is 25.9 Å². The van der Waals surface area contributed by atoms with Gasteiger partial charge in [-0.25, -0.2) is 13.2 Å². The molecule has 2 rings (SSSR count). The molecule has 2 atom stereocenters. The molecule has 5 heteroatoms. The first-order valence-electron chi connectivity index (χ1n) is 6.54. The number of hydrogen-bond acceptors (Lipinski definition) is 1. The molecule has 0 aliphatic rings. The Morgan fingerprint density at radius 2 is 1.38 bits per heavy atom. The Kier molecular flexibility index (Phi) is 5.06. The zero-order valence-electron chi connectivity index (χ0n) is 11.6. The second-order valence-electron chi connectivity index (χ2n) is 4.94. The van der Waals surface area contributed by atoms with Crippen LogP contribution in [0.25, 0.3) is 0 Å². The molecule has 0 fully saturated rings. The van der Waals surface area contributed by atoms with E-state index in [9.17, 15) is 13.2 Å². The van der Waals surface area contributed by atoms with Gasteiger partial charge in [-0.3, -0.25) is 0 Å². The maximum atomic E-state index is 13.7. The average Bonchev–Trinajstić information content (AvgIpc) is 2.37. The minimum atomic E-state index is -0.599. The lowest BCUT2D eigenvalue weighted by atomic mass is 10.0. The number of benzene rings is 2. The molecule has 2 aromatic rings. The van der Waals surface area contributed by atoms with Crippen LogP contribution in [0.4, 0.5) is 13.2 Å². The molecule has 0 radical (unpaired) electrons. The van der Waals surface area contributed by atoms with Crippen molar-refractivity contribution < 1.29 is 13.2 Å². The molecule has 1 nitrogen and oxygen atoms in total. The summed E-state index contributed by atoms with van der Waals surface area (Å²) in [4.78, 5) is 0. The summed E-state index contributed by atoms with van der Waals surface area (Å²) in [6, 6.07) is 7.52. The Bertz CT molecular complexity index is 590. The molecule has 0 saturated heterocycles. The van der Waals surface area contributed by atoms with Crippen LogP contribution in [0.5, 0.6) is 0 Å². The molecule has 0 aromatic heterocycles. The first-order valence-corrected chi connectivity index (χ1v) is 7.33. The standard InChI is InChI=1S/C16H15BrF3N/c1-9(13-5-3-11(18)7-15(13)17)21-10(2)14-6-4-12(19)8-16(14)20/h3-10,21H,1-2H3. The molecule has 0 saturated carbocycles. The third kappa shape index (κ3) is 3.86. The topological polar surface area (TPSA) is 12.0 Å². The second-order valence-corrected chi connectivity index (χ2v) is 5.80. The minimum Gasteiger partial charge on any atom is -0.304 e. The zero-order chi connectivity index (χ0) is 15.6. The third-order valence-electron chi connectivity index (χ3n) is 3.36. The maximum Gasteiger partial charge on any atom is 0.130 e. The largest absolute Gasteiger partial charge is 0.304 e. The smallest absolute Gasteiger partial charge is 0.130 e. The summed E-state index contributed by atoms with van der Waals surface area (Å²) in [6.45, 7) is 3.69. The first kappa shape index (κ1) is 16.0. The van der Waals surface area contributed by atoms with Crippen molar-refractivity contribution in [2.24, 2.45) is 0 Å². The highest BCUT2D eigenvalue weighted by Crippen LogP contribution is 2.27. The summed E-state index contributed by atoms with van der Waals surface area (Å²) in [5.74, 6) is -1.51. The van der Waals surface area contributed by atoms with E-state index >= 15 is 0 Å². The van der Waals surface area contributed by atoms with Gasteiger partial charge in [0.2, 0.25) is 0 Å². The van der Waals surface area contributed by atoms with Crippen molar-refractivity contribution in [1.29, 1.82) is 0 Å². The monoisotopic (exact) mass is 357 g/mol. The Hall–Kier alpha value is -1.33. The van der Waals surface area contributed by atoms with Crippen molar-refractivity contribution in [3.63, 3.8) is 0 Å². The van der Waals surface area contributed by atoms with Gasteiger partial charge in [-0.2, -0.15) is 0 Å². The molecule has 0 bridgehead atoms. The van der Waals surface area contributed by atoms with Crippen molar-refractivity contribution in [1.82, 2.24) is 5.32 Å². The fraction of sp³-hybridized carbons (Fsp3) is 0.250. The van der Waals surface area contributed by atoms with Crippen molar-refractivity contribution >= 4 is 15.9 Å². The molecule has 0 heterocycles. The quantitative estimate of drug-likeness (QED) is 0.784. The van der Waals surface area contributed by atoms with E-state index in [1.807, 2.05) is 6.92 Å². The molecule has 1 N–H and O–H groups in total. The summed E-state index contributed by atoms with van der Waals surface area (Å²) in [5, 5.41) is 3.22. The Balaban J connectivity index is 2.16. The van der Waals surface area contributed by atoms with Crippen LogP contribution in [-0.2, 0) is 0 Å². The summed E-state index contributed by atoms with van der Waals surface area (Å²) < 4.78 is 40.4. The predicted molar refractivity (Wildman–Crippen MR) is 80.4 cm³/mol. The zero-order valence-corrected chi connectivity index (χ0v) is 13.2. The second kappa shape index (κ2) is 6.62. The van der Waals surface area contributed by atoms with Crippen molar-refractivity contribution in [3.8, 4) is 0 Å². The van der Waals surface area contributed by atoms with Crippen LogP contribution in [0.1, 0.15) is 37.1 Å². The van der Waals surface area contributed by atoms with Gasteiger partial charge in [0.25, 0.3) is 0 Å². The number of rotatable bonds is 4. The van der Waals surface area contributed by atoms with Crippen LogP contribution in [0.2, 0.25) is 0 Å². The molecule has 0 spiro atoms. The van der Waals surface area contributed by atoms with E-state index in [1.165, 1.54) is 24.3 Å². The Labute approximate surface area is 130 Å². The highest BCUT2D eigenvalue weighted by atomic mass is 79.9. The van der Waals surface area contributed by atoms with Gasteiger partial charge in [0, 0.05) is 28.2 Å². The summed E-state index contributed by atoms with van der Waals surface area (Å²) in [5.41, 5.74) is 1.26. The van der Waals surface area contributed by atoms with Gasteiger partial charge in [-0.15, -0.1) is 0 Å². The lowest BCUT2D eigenvalue weighted by molar-refractivity contribution is 0.469. The van der Waals surface area contributed by atoms with Crippen molar-refractivity contribution in [2.75, 3.05) is 0 Å². The fourth-order valence-corrected chi connectivity index (χ4v) is 2.95. The molecular weight excluding hydrogens is 343 g/mol. The van der Waals surface area contributed by atoms with E-state index in [-0.39, 0.29) is 17.9 Å². The van der Waals surface area contributed by atoms with Crippen LogP contribution in [0.15, 0.2) is 40.9 Å². The van der Waals surface area contributed by atoms with E-state index in [4.69, 9.17) is 0 Å². The van der Waals surface area contributed by atoms with E-state index in [0.717, 1.165) is 11.6 Å². The normalized spacial score (nSPS) is 14.0. The average molecular weight is 358 g/mol. The number of hydrogen-bond donors (Lipinski definition) is 1. The molecule has 2 unspecified atom stereocenters. The molecular formula is C16H15BrF3N. The van der Waals surface area contributed by atoms with Gasteiger partial charge in [0.1, 0.15) is 17.5 Å². The minimum absolute atomic E-state index is 0.126. The third-order valence-corrected chi connectivity index (χ3v) is 4.04. The summed E-state index contributed by atoms with van der Waals surface area (Å²) in [6.07, 6.45) is 0. The molecule has 21 heavy (non-hydrogen) atoms. The van der Waals surface area contributed by atoms with Crippen LogP contribution >= 0.6 is 15.9 Å². The summed E-state index contributed by atoms with van der Waals surface area (Å²) >= 11 is 3.31. The van der Waals surface area contributed by atoms with Crippen LogP contribution < -0.4 is 5.32 Å². The van der Waals surface area contributed by atoms with Crippen LogP contribution in [-0.4, -0.2) is 0 Å². The van der Waals surface area contributed by atoms with Gasteiger partial charge in [0.05, 0.1) is 0 Å². The van der Waals surface area contributed by atoms with Crippen LogP contribution in [0.3, 0.4) is 0 Å². The summed E-state index contributed by atoms with van der Waals surface area (Å²) in [7, 11) is 0. The molecule has 0 aliphatic carbocycles. The Morgan fingerprint density at radius 3 is 1.95 bits per heavy atom. The lowest BCUT2D eigenvalue weighted by Crippen LogP contribution is -2.23. The fourth-order valence-electron chi connectivity index (χ4n) is 2.26. The maximum absolute atomic E-state index is 13.7. The molecule has 2 aromatic carbocycles. The van der Waals surface area contributed by atoms with E-state index < -0.39 is 11.6 Å². The van der Waals surface area contributed by atoms with Crippen LogP contribution in [0, 0.1) is 17.5 Å². The Morgan fingerprint density at radius 1 is 0.857 bits per heavy atom. The highest BCUT2D eigenvalue weighted by Gasteiger charge is 2.16. The predicted octanol–water partition coefficient (Wildman–Crippen LogP) is 5.28. The van der Waals surface area contributed by atoms with Gasteiger partial charge in [0.15, 0.2) is 0 Å². The lowest BCUT2D eigenvalue weighted by Gasteiger charge is -2.22. The molecule has 112 valence electrons. The molecule has 0 amide bonds. The van der Waals surface area contributed by atoms with Gasteiger partial charge < -0.3 is 5.32 Å². The SMILES string of the molecule is CC(NC(C)c1ccc(F)cc1Br)c1ccc(F)cc1F.